The Morgan fingerprint density at radius 2 is 2.38 bits per heavy atom. The van der Waals surface area contributed by atoms with Crippen LogP contribution in [0.5, 0.6) is 0 Å². The molecular formula is C10H9ClFN. The monoisotopic (exact) mass is 197 g/mol. The van der Waals surface area contributed by atoms with Gasteiger partial charge in [0.2, 0.25) is 0 Å². The fraction of sp³-hybridized carbons (Fsp3) is 0.300. The number of rotatable bonds is 1. The molecular weight excluding hydrogens is 189 g/mol. The lowest BCUT2D eigenvalue weighted by molar-refractivity contribution is 0.619. The Bertz CT molecular complexity index is 352. The van der Waals surface area contributed by atoms with Crippen molar-refractivity contribution >= 4 is 11.6 Å². The SMILES string of the molecule is Cc1cc(F)cnc1C#CCCCl. The lowest BCUT2D eigenvalue weighted by Crippen LogP contribution is -1.89. The molecule has 1 aromatic heterocycles. The van der Waals surface area contributed by atoms with Crippen LogP contribution in [-0.2, 0) is 0 Å². The van der Waals surface area contributed by atoms with Crippen LogP contribution in [0.2, 0.25) is 0 Å². The molecule has 0 spiro atoms. The molecule has 0 saturated carbocycles. The predicted molar refractivity (Wildman–Crippen MR) is 51.1 cm³/mol. The molecule has 1 heterocycles. The third-order valence-corrected chi connectivity index (χ3v) is 1.66. The van der Waals surface area contributed by atoms with Crippen LogP contribution in [-0.4, -0.2) is 10.9 Å². The second-order valence-electron chi connectivity index (χ2n) is 2.56. The van der Waals surface area contributed by atoms with E-state index in [1.54, 1.807) is 6.92 Å². The summed E-state index contributed by atoms with van der Waals surface area (Å²) in [5, 5.41) is 0. The second-order valence-corrected chi connectivity index (χ2v) is 2.94. The van der Waals surface area contributed by atoms with Crippen molar-refractivity contribution in [3.8, 4) is 11.8 Å². The van der Waals surface area contributed by atoms with Crippen molar-refractivity contribution in [1.29, 1.82) is 0 Å². The van der Waals surface area contributed by atoms with Gasteiger partial charge in [0.25, 0.3) is 0 Å². The van der Waals surface area contributed by atoms with Crippen LogP contribution in [0.25, 0.3) is 0 Å². The standard InChI is InChI=1S/C10H9ClFN/c1-8-6-9(12)7-13-10(8)4-2-3-5-11/h6-7H,3,5H2,1H3. The van der Waals surface area contributed by atoms with Gasteiger partial charge in [0.1, 0.15) is 11.5 Å². The summed E-state index contributed by atoms with van der Waals surface area (Å²) in [5.74, 6) is 5.85. The lowest BCUT2D eigenvalue weighted by atomic mass is 10.2. The van der Waals surface area contributed by atoms with Crippen LogP contribution in [0.1, 0.15) is 17.7 Å². The number of aryl methyl sites for hydroxylation is 1. The Hall–Kier alpha value is -1.07. The lowest BCUT2D eigenvalue weighted by Gasteiger charge is -1.95. The molecule has 1 nitrogen and oxygen atoms in total. The number of nitrogens with zero attached hydrogens (tertiary/aromatic N) is 1. The molecule has 68 valence electrons. The summed E-state index contributed by atoms with van der Waals surface area (Å²) < 4.78 is 12.6. The van der Waals surface area contributed by atoms with Crippen molar-refractivity contribution in [1.82, 2.24) is 4.98 Å². The molecule has 0 atom stereocenters. The van der Waals surface area contributed by atoms with Gasteiger partial charge >= 0.3 is 0 Å². The molecule has 1 rings (SSSR count). The molecule has 13 heavy (non-hydrogen) atoms. The summed E-state index contributed by atoms with van der Waals surface area (Å²) >= 11 is 5.45. The molecule has 0 unspecified atom stereocenters. The second kappa shape index (κ2) is 4.84. The Balaban J connectivity index is 2.85. The molecule has 0 amide bonds. The first-order valence-electron chi connectivity index (χ1n) is 3.91. The van der Waals surface area contributed by atoms with Crippen molar-refractivity contribution < 1.29 is 4.39 Å². The first-order chi connectivity index (χ1) is 6.24. The third kappa shape index (κ3) is 3.04. The van der Waals surface area contributed by atoms with Gasteiger partial charge in [-0.25, -0.2) is 9.37 Å². The van der Waals surface area contributed by atoms with Crippen molar-refractivity contribution in [3.05, 3.63) is 29.3 Å². The summed E-state index contributed by atoms with van der Waals surface area (Å²) in [6, 6.07) is 1.41. The van der Waals surface area contributed by atoms with E-state index in [4.69, 9.17) is 11.6 Å². The summed E-state index contributed by atoms with van der Waals surface area (Å²) in [6.07, 6.45) is 1.79. The Morgan fingerprint density at radius 1 is 1.62 bits per heavy atom. The number of halogens is 2. The van der Waals surface area contributed by atoms with Crippen LogP contribution in [0.3, 0.4) is 0 Å². The molecule has 0 fully saturated rings. The zero-order valence-corrected chi connectivity index (χ0v) is 8.03. The molecule has 0 N–H and O–H groups in total. The van der Waals surface area contributed by atoms with Gasteiger partial charge in [0, 0.05) is 12.3 Å². The Morgan fingerprint density at radius 3 is 3.00 bits per heavy atom. The van der Waals surface area contributed by atoms with Crippen LogP contribution in [0.15, 0.2) is 12.3 Å². The van der Waals surface area contributed by atoms with Gasteiger partial charge in [-0.15, -0.1) is 11.6 Å². The first kappa shape index (κ1) is 10.0. The zero-order valence-electron chi connectivity index (χ0n) is 7.27. The highest BCUT2D eigenvalue weighted by molar-refractivity contribution is 6.18. The molecule has 3 heteroatoms. The van der Waals surface area contributed by atoms with E-state index in [-0.39, 0.29) is 5.82 Å². The Kier molecular flexibility index (Phi) is 3.72. The van der Waals surface area contributed by atoms with E-state index in [0.29, 0.717) is 18.0 Å². The maximum Gasteiger partial charge on any atom is 0.141 e. The van der Waals surface area contributed by atoms with E-state index in [1.807, 2.05) is 0 Å². The zero-order chi connectivity index (χ0) is 9.68. The first-order valence-corrected chi connectivity index (χ1v) is 4.44. The van der Waals surface area contributed by atoms with E-state index < -0.39 is 0 Å². The minimum atomic E-state index is -0.333. The summed E-state index contributed by atoms with van der Waals surface area (Å²) in [5.41, 5.74) is 1.37. The number of aromatic nitrogens is 1. The number of hydrogen-bond acceptors (Lipinski definition) is 1. The number of hydrogen-bond donors (Lipinski definition) is 0. The topological polar surface area (TPSA) is 12.9 Å². The Labute approximate surface area is 81.9 Å². The van der Waals surface area contributed by atoms with Gasteiger partial charge in [-0.2, -0.15) is 0 Å². The van der Waals surface area contributed by atoms with E-state index in [9.17, 15) is 4.39 Å². The van der Waals surface area contributed by atoms with Gasteiger partial charge in [-0.3, -0.25) is 0 Å². The quantitative estimate of drug-likeness (QED) is 0.498. The molecule has 0 radical (unpaired) electrons. The highest BCUT2D eigenvalue weighted by Crippen LogP contribution is 2.04. The average Bonchev–Trinajstić information content (AvgIpc) is 2.09. The molecule has 0 bridgehead atoms. The molecule has 0 aliphatic heterocycles. The minimum Gasteiger partial charge on any atom is -0.244 e. The summed E-state index contributed by atoms with van der Waals surface area (Å²) in [7, 11) is 0. The molecule has 0 saturated heterocycles. The van der Waals surface area contributed by atoms with Crippen molar-refractivity contribution in [2.24, 2.45) is 0 Å². The van der Waals surface area contributed by atoms with Gasteiger partial charge in [0.15, 0.2) is 0 Å². The largest absolute Gasteiger partial charge is 0.244 e. The maximum atomic E-state index is 12.6. The van der Waals surface area contributed by atoms with Gasteiger partial charge < -0.3 is 0 Å². The maximum absolute atomic E-state index is 12.6. The van der Waals surface area contributed by atoms with Gasteiger partial charge in [-0.1, -0.05) is 5.92 Å². The highest BCUT2D eigenvalue weighted by Gasteiger charge is 1.96. The predicted octanol–water partition coefficient (Wildman–Crippen LogP) is 2.51. The van der Waals surface area contributed by atoms with Crippen LogP contribution in [0, 0.1) is 24.6 Å². The molecule has 0 aliphatic carbocycles. The van der Waals surface area contributed by atoms with Crippen molar-refractivity contribution in [3.63, 3.8) is 0 Å². The summed E-state index contributed by atoms with van der Waals surface area (Å²) in [4.78, 5) is 3.86. The normalized spacial score (nSPS) is 9.15. The van der Waals surface area contributed by atoms with Crippen LogP contribution < -0.4 is 0 Å². The molecule has 1 aromatic rings. The minimum absolute atomic E-state index is 0.333. The van der Waals surface area contributed by atoms with Crippen molar-refractivity contribution in [2.75, 3.05) is 5.88 Å². The number of alkyl halides is 1. The van der Waals surface area contributed by atoms with Crippen molar-refractivity contribution in [2.45, 2.75) is 13.3 Å². The fourth-order valence-electron chi connectivity index (χ4n) is 0.865. The van der Waals surface area contributed by atoms with Crippen LogP contribution >= 0.6 is 11.6 Å². The molecule has 0 aliphatic rings. The summed E-state index contributed by atoms with van der Waals surface area (Å²) in [6.45, 7) is 1.78. The smallest absolute Gasteiger partial charge is 0.141 e. The molecule has 0 aromatic carbocycles. The third-order valence-electron chi connectivity index (χ3n) is 1.47. The number of pyridine rings is 1. The highest BCUT2D eigenvalue weighted by atomic mass is 35.5. The fourth-order valence-corrected chi connectivity index (χ4v) is 0.959. The van der Waals surface area contributed by atoms with Crippen LogP contribution in [0.4, 0.5) is 4.39 Å². The van der Waals surface area contributed by atoms with E-state index in [2.05, 4.69) is 16.8 Å². The van der Waals surface area contributed by atoms with E-state index in [0.717, 1.165) is 11.8 Å². The van der Waals surface area contributed by atoms with Gasteiger partial charge in [-0.05, 0) is 24.5 Å². The van der Waals surface area contributed by atoms with Gasteiger partial charge in [0.05, 0.1) is 6.20 Å². The average molecular weight is 198 g/mol. The van der Waals surface area contributed by atoms with E-state index in [1.165, 1.54) is 6.07 Å². The van der Waals surface area contributed by atoms with E-state index >= 15 is 0 Å².